The quantitative estimate of drug-likeness (QED) is 0.703. The summed E-state index contributed by atoms with van der Waals surface area (Å²) in [5.74, 6) is 0.358. The lowest BCUT2D eigenvalue weighted by molar-refractivity contribution is 0.146. The number of nitrogens with one attached hydrogen (secondary N) is 1. The van der Waals surface area contributed by atoms with Crippen LogP contribution in [0.3, 0.4) is 0 Å². The van der Waals surface area contributed by atoms with E-state index in [0.29, 0.717) is 18.5 Å². The predicted molar refractivity (Wildman–Crippen MR) is 89.6 cm³/mol. The number of rotatable bonds is 5. The number of nitrogens with two attached hydrogens (primary N) is 1. The van der Waals surface area contributed by atoms with Gasteiger partial charge in [0.15, 0.2) is 0 Å². The molecule has 3 unspecified atom stereocenters. The van der Waals surface area contributed by atoms with Gasteiger partial charge in [0, 0.05) is 34.2 Å². The first-order valence-electron chi connectivity index (χ1n) is 7.17. The molecule has 0 amide bonds. The second-order valence-corrected chi connectivity index (χ2v) is 7.17. The molecule has 1 aliphatic carbocycles. The zero-order valence-electron chi connectivity index (χ0n) is 11.5. The van der Waals surface area contributed by atoms with Crippen LogP contribution in [0.25, 0.3) is 0 Å². The van der Waals surface area contributed by atoms with Crippen LogP contribution in [0, 0.1) is 5.92 Å². The van der Waals surface area contributed by atoms with E-state index >= 15 is 0 Å². The van der Waals surface area contributed by atoms with Crippen molar-refractivity contribution < 1.29 is 5.11 Å². The molecule has 4 N–H and O–H groups in total. The van der Waals surface area contributed by atoms with Crippen molar-refractivity contribution >= 4 is 31.9 Å². The average Bonchev–Trinajstić information content (AvgIpc) is 2.48. The van der Waals surface area contributed by atoms with Crippen molar-refractivity contribution in [1.29, 1.82) is 0 Å². The maximum atomic E-state index is 9.51. The second kappa shape index (κ2) is 7.90. The fourth-order valence-electron chi connectivity index (χ4n) is 2.93. The highest BCUT2D eigenvalue weighted by Crippen LogP contribution is 2.29. The normalized spacial score (nSPS) is 24.6. The Kier molecular flexibility index (Phi) is 6.49. The molecule has 1 aliphatic rings. The zero-order valence-corrected chi connectivity index (χ0v) is 14.7. The maximum Gasteiger partial charge on any atom is 0.0474 e. The molecular formula is C15H22Br2N2O. The molecule has 3 nitrogen and oxygen atoms in total. The average molecular weight is 406 g/mol. The van der Waals surface area contributed by atoms with Gasteiger partial charge in [0.1, 0.15) is 0 Å². The lowest BCUT2D eigenvalue weighted by Gasteiger charge is -2.34. The smallest absolute Gasteiger partial charge is 0.0474 e. The summed E-state index contributed by atoms with van der Waals surface area (Å²) < 4.78 is 2.08. The summed E-state index contributed by atoms with van der Waals surface area (Å²) in [6, 6.07) is 6.73. The van der Waals surface area contributed by atoms with Crippen molar-refractivity contribution in [1.82, 2.24) is 5.32 Å². The molecule has 0 aliphatic heterocycles. The van der Waals surface area contributed by atoms with E-state index < -0.39 is 0 Å². The largest absolute Gasteiger partial charge is 0.396 e. The monoisotopic (exact) mass is 404 g/mol. The van der Waals surface area contributed by atoms with Gasteiger partial charge in [0.2, 0.25) is 0 Å². The first-order chi connectivity index (χ1) is 9.65. The summed E-state index contributed by atoms with van der Waals surface area (Å²) in [4.78, 5) is 0. The molecule has 1 fully saturated rings. The minimum atomic E-state index is 0.136. The van der Waals surface area contributed by atoms with Crippen LogP contribution >= 0.6 is 31.9 Å². The number of hydrogen-bond donors (Lipinski definition) is 3. The predicted octanol–water partition coefficient (Wildman–Crippen LogP) is 3.35. The first kappa shape index (κ1) is 16.4. The van der Waals surface area contributed by atoms with Crippen molar-refractivity contribution in [2.45, 2.75) is 37.8 Å². The highest BCUT2D eigenvalue weighted by atomic mass is 79.9. The molecule has 0 spiro atoms. The topological polar surface area (TPSA) is 58.3 Å². The standard InChI is InChI=1S/C15H22Br2N2O/c16-12-6-5-10(7-13(12)17)15(8-18)19-14-4-2-1-3-11(14)9-20/h5-7,11,14-15,19-20H,1-4,8-9,18H2. The lowest BCUT2D eigenvalue weighted by Crippen LogP contribution is -2.44. The Hall–Kier alpha value is 0.0600. The third-order valence-electron chi connectivity index (χ3n) is 4.14. The van der Waals surface area contributed by atoms with E-state index in [2.05, 4.69) is 49.3 Å². The molecule has 1 aromatic rings. The van der Waals surface area contributed by atoms with Crippen LogP contribution in [0.15, 0.2) is 27.1 Å². The molecule has 3 atom stereocenters. The van der Waals surface area contributed by atoms with Crippen molar-refractivity contribution in [2.24, 2.45) is 11.7 Å². The summed E-state index contributed by atoms with van der Waals surface area (Å²) in [7, 11) is 0. The SMILES string of the molecule is NCC(NC1CCCCC1CO)c1ccc(Br)c(Br)c1. The fourth-order valence-corrected chi connectivity index (χ4v) is 3.58. The Bertz CT molecular complexity index is 442. The Labute approximate surface area is 137 Å². The fraction of sp³-hybridized carbons (Fsp3) is 0.600. The molecule has 1 saturated carbocycles. The van der Waals surface area contributed by atoms with E-state index in [1.54, 1.807) is 0 Å². The van der Waals surface area contributed by atoms with Gasteiger partial charge in [0.25, 0.3) is 0 Å². The van der Waals surface area contributed by atoms with E-state index in [4.69, 9.17) is 5.73 Å². The summed E-state index contributed by atoms with van der Waals surface area (Å²) in [6.07, 6.45) is 4.69. The van der Waals surface area contributed by atoms with Gasteiger partial charge in [-0.3, -0.25) is 0 Å². The van der Waals surface area contributed by atoms with Crippen LogP contribution < -0.4 is 11.1 Å². The molecular weight excluding hydrogens is 384 g/mol. The van der Waals surface area contributed by atoms with Crippen molar-refractivity contribution in [3.63, 3.8) is 0 Å². The van der Waals surface area contributed by atoms with Crippen molar-refractivity contribution in [2.75, 3.05) is 13.2 Å². The molecule has 0 radical (unpaired) electrons. The molecule has 0 aromatic heterocycles. The van der Waals surface area contributed by atoms with E-state index in [1.807, 2.05) is 6.07 Å². The van der Waals surface area contributed by atoms with Crippen LogP contribution in [0.2, 0.25) is 0 Å². The van der Waals surface area contributed by atoms with Crippen LogP contribution in [-0.4, -0.2) is 24.3 Å². The molecule has 20 heavy (non-hydrogen) atoms. The van der Waals surface area contributed by atoms with E-state index in [-0.39, 0.29) is 12.6 Å². The molecule has 5 heteroatoms. The van der Waals surface area contributed by atoms with Gasteiger partial charge in [-0.2, -0.15) is 0 Å². The number of hydrogen-bond acceptors (Lipinski definition) is 3. The second-order valence-electron chi connectivity index (χ2n) is 5.46. The van der Waals surface area contributed by atoms with E-state index in [0.717, 1.165) is 21.8 Å². The maximum absolute atomic E-state index is 9.51. The Morgan fingerprint density at radius 1 is 1.25 bits per heavy atom. The lowest BCUT2D eigenvalue weighted by atomic mass is 9.84. The van der Waals surface area contributed by atoms with Crippen LogP contribution in [0.4, 0.5) is 0 Å². The molecule has 0 bridgehead atoms. The number of benzene rings is 1. The first-order valence-corrected chi connectivity index (χ1v) is 8.76. The van der Waals surface area contributed by atoms with Gasteiger partial charge in [-0.1, -0.05) is 18.9 Å². The zero-order chi connectivity index (χ0) is 14.5. The summed E-state index contributed by atoms with van der Waals surface area (Å²) in [5.41, 5.74) is 7.13. The van der Waals surface area contributed by atoms with Gasteiger partial charge in [-0.05, 0) is 68.3 Å². The Morgan fingerprint density at radius 3 is 2.65 bits per heavy atom. The van der Waals surface area contributed by atoms with Crippen molar-refractivity contribution in [3.8, 4) is 0 Å². The number of aliphatic hydroxyl groups excluding tert-OH is 1. The van der Waals surface area contributed by atoms with Gasteiger partial charge < -0.3 is 16.2 Å². The molecule has 0 saturated heterocycles. The third-order valence-corrected chi connectivity index (χ3v) is 6.02. The third kappa shape index (κ3) is 4.04. The van der Waals surface area contributed by atoms with Crippen LogP contribution in [-0.2, 0) is 0 Å². The Balaban J connectivity index is 2.09. The number of aliphatic hydroxyl groups is 1. The van der Waals surface area contributed by atoms with Crippen LogP contribution in [0.1, 0.15) is 37.3 Å². The van der Waals surface area contributed by atoms with E-state index in [1.165, 1.54) is 18.4 Å². The molecule has 2 rings (SSSR count). The summed E-state index contributed by atoms with van der Waals surface area (Å²) in [6.45, 7) is 0.821. The van der Waals surface area contributed by atoms with Crippen molar-refractivity contribution in [3.05, 3.63) is 32.7 Å². The van der Waals surface area contributed by atoms with Gasteiger partial charge in [0.05, 0.1) is 0 Å². The highest BCUT2D eigenvalue weighted by Gasteiger charge is 2.26. The molecule has 112 valence electrons. The van der Waals surface area contributed by atoms with Gasteiger partial charge in [-0.25, -0.2) is 0 Å². The summed E-state index contributed by atoms with van der Waals surface area (Å²) >= 11 is 7.03. The highest BCUT2D eigenvalue weighted by molar-refractivity contribution is 9.13. The van der Waals surface area contributed by atoms with E-state index in [9.17, 15) is 5.11 Å². The van der Waals surface area contributed by atoms with Gasteiger partial charge in [-0.15, -0.1) is 0 Å². The summed E-state index contributed by atoms with van der Waals surface area (Å²) in [5, 5.41) is 13.2. The number of halogens is 2. The minimum Gasteiger partial charge on any atom is -0.396 e. The van der Waals surface area contributed by atoms with Gasteiger partial charge >= 0.3 is 0 Å². The molecule has 1 aromatic carbocycles. The Morgan fingerprint density at radius 2 is 2.00 bits per heavy atom. The molecule has 0 heterocycles. The van der Waals surface area contributed by atoms with Crippen LogP contribution in [0.5, 0.6) is 0 Å². The minimum absolute atomic E-state index is 0.136.